The van der Waals surface area contributed by atoms with Gasteiger partial charge in [0, 0.05) is 30.9 Å². The van der Waals surface area contributed by atoms with Crippen molar-refractivity contribution in [3.63, 3.8) is 0 Å². The van der Waals surface area contributed by atoms with Crippen LogP contribution in [0.4, 0.5) is 0 Å². The smallest absolute Gasteiger partial charge is 0.134 e. The van der Waals surface area contributed by atoms with E-state index in [2.05, 4.69) is 66.7 Å². The quantitative estimate of drug-likeness (QED) is 0.256. The Labute approximate surface area is 188 Å². The van der Waals surface area contributed by atoms with Crippen LogP contribution in [0.2, 0.25) is 0 Å². The monoisotopic (exact) mass is 430 g/mol. The molecule has 7 rings (SSSR count). The van der Waals surface area contributed by atoms with Crippen molar-refractivity contribution in [2.45, 2.75) is 0 Å². The molecule has 0 radical (unpaired) electrons. The fraction of sp³-hybridized carbons (Fsp3) is 0.0345. The molecule has 3 heteroatoms. The van der Waals surface area contributed by atoms with Crippen molar-refractivity contribution in [2.24, 2.45) is 0 Å². The molecule has 0 saturated carbocycles. The second-order valence-electron chi connectivity index (χ2n) is 8.15. The number of furan rings is 1. The first-order valence-electron chi connectivity index (χ1n) is 10.6. The van der Waals surface area contributed by atoms with Gasteiger partial charge >= 0.3 is 0 Å². The lowest BCUT2D eigenvalue weighted by molar-refractivity contribution is 0.415. The molecule has 0 saturated heterocycles. The van der Waals surface area contributed by atoms with Crippen LogP contribution in [0, 0.1) is 0 Å². The molecule has 0 aliphatic carbocycles. The third kappa shape index (κ3) is 2.46. The summed E-state index contributed by atoms with van der Waals surface area (Å²) in [4.78, 5) is 0. The van der Waals surface area contributed by atoms with Crippen LogP contribution in [0.5, 0.6) is 5.75 Å². The zero-order valence-corrected chi connectivity index (χ0v) is 18.2. The maximum Gasteiger partial charge on any atom is 0.134 e. The number of ether oxygens (including phenoxy) is 1. The number of rotatable bonds is 2. The van der Waals surface area contributed by atoms with Crippen molar-refractivity contribution in [3.05, 3.63) is 91.2 Å². The normalized spacial score (nSPS) is 11.9. The topological polar surface area (TPSA) is 22.4 Å². The second-order valence-corrected chi connectivity index (χ2v) is 9.20. The van der Waals surface area contributed by atoms with Crippen molar-refractivity contribution in [3.8, 4) is 16.9 Å². The summed E-state index contributed by atoms with van der Waals surface area (Å²) in [5.74, 6) is 0.864. The average Bonchev–Trinajstić information content (AvgIpc) is 3.46. The standard InChI is InChI=1S/C29H18O2S/c1-30-20-8-6-17(7-9-20)24-15-19-16-26-18(12-13-31-26)14-25(19)28-22(24)10-11-23-21-4-2-3-5-27(21)32-29(23)28/h2-16H,1H3. The van der Waals surface area contributed by atoms with Crippen LogP contribution < -0.4 is 4.74 Å². The minimum absolute atomic E-state index is 0.864. The molecule has 0 N–H and O–H groups in total. The Balaban J connectivity index is 1.69. The molecule has 152 valence electrons. The predicted molar refractivity (Wildman–Crippen MR) is 136 cm³/mol. The lowest BCUT2D eigenvalue weighted by Gasteiger charge is -2.13. The van der Waals surface area contributed by atoms with Gasteiger partial charge in [-0.3, -0.25) is 0 Å². The summed E-state index contributed by atoms with van der Waals surface area (Å²) < 4.78 is 13.8. The molecule has 0 atom stereocenters. The van der Waals surface area contributed by atoms with E-state index in [9.17, 15) is 0 Å². The van der Waals surface area contributed by atoms with Crippen molar-refractivity contribution in [1.82, 2.24) is 0 Å². The molecule has 0 unspecified atom stereocenters. The van der Waals surface area contributed by atoms with Gasteiger partial charge in [-0.15, -0.1) is 11.3 Å². The zero-order chi connectivity index (χ0) is 21.2. The summed E-state index contributed by atoms with van der Waals surface area (Å²) in [6, 6.07) is 30.4. The molecule has 0 bridgehead atoms. The molecule has 0 fully saturated rings. The van der Waals surface area contributed by atoms with E-state index >= 15 is 0 Å². The molecule has 0 spiro atoms. The van der Waals surface area contributed by atoms with Crippen LogP contribution >= 0.6 is 11.3 Å². The number of benzene rings is 5. The zero-order valence-electron chi connectivity index (χ0n) is 17.4. The van der Waals surface area contributed by atoms with Gasteiger partial charge in [0.05, 0.1) is 13.4 Å². The Morgan fingerprint density at radius 3 is 2.44 bits per heavy atom. The molecule has 2 nitrogen and oxygen atoms in total. The highest BCUT2D eigenvalue weighted by atomic mass is 32.1. The number of hydrogen-bond acceptors (Lipinski definition) is 3. The summed E-state index contributed by atoms with van der Waals surface area (Å²) >= 11 is 1.88. The maximum absolute atomic E-state index is 5.74. The van der Waals surface area contributed by atoms with Crippen LogP contribution in [0.25, 0.3) is 63.8 Å². The van der Waals surface area contributed by atoms with Crippen LogP contribution in [0.3, 0.4) is 0 Å². The lowest BCUT2D eigenvalue weighted by Crippen LogP contribution is -1.87. The van der Waals surface area contributed by atoms with Gasteiger partial charge < -0.3 is 9.15 Å². The van der Waals surface area contributed by atoms with Crippen LogP contribution in [0.15, 0.2) is 95.6 Å². The van der Waals surface area contributed by atoms with Crippen molar-refractivity contribution >= 4 is 64.0 Å². The summed E-state index contributed by atoms with van der Waals surface area (Å²) in [6.45, 7) is 0. The Kier molecular flexibility index (Phi) is 3.67. The number of fused-ring (bicyclic) bond motifs is 8. The minimum Gasteiger partial charge on any atom is -0.497 e. The van der Waals surface area contributed by atoms with E-state index < -0.39 is 0 Å². The summed E-state index contributed by atoms with van der Waals surface area (Å²) in [7, 11) is 1.70. The largest absolute Gasteiger partial charge is 0.497 e. The highest BCUT2D eigenvalue weighted by Crippen LogP contribution is 2.45. The van der Waals surface area contributed by atoms with E-state index in [1.54, 1.807) is 13.4 Å². The van der Waals surface area contributed by atoms with Crippen LogP contribution in [-0.2, 0) is 0 Å². The Bertz CT molecular complexity index is 1800. The molecular formula is C29H18O2S. The third-order valence-corrected chi connectivity index (χ3v) is 7.64. The number of thiophene rings is 1. The molecular weight excluding hydrogens is 412 g/mol. The number of methoxy groups -OCH3 is 1. The highest BCUT2D eigenvalue weighted by molar-refractivity contribution is 7.26. The second kappa shape index (κ2) is 6.59. The average molecular weight is 431 g/mol. The van der Waals surface area contributed by atoms with Gasteiger partial charge in [0.2, 0.25) is 0 Å². The van der Waals surface area contributed by atoms with Gasteiger partial charge in [0.25, 0.3) is 0 Å². The fourth-order valence-electron chi connectivity index (χ4n) is 4.88. The van der Waals surface area contributed by atoms with Crippen LogP contribution in [-0.4, -0.2) is 7.11 Å². The Morgan fingerprint density at radius 2 is 1.56 bits per heavy atom. The first-order valence-corrected chi connectivity index (χ1v) is 11.4. The van der Waals surface area contributed by atoms with Gasteiger partial charge in [-0.25, -0.2) is 0 Å². The summed E-state index contributed by atoms with van der Waals surface area (Å²) in [5.41, 5.74) is 3.32. The Hall–Kier alpha value is -3.82. The van der Waals surface area contributed by atoms with Crippen molar-refractivity contribution < 1.29 is 9.15 Å². The van der Waals surface area contributed by atoms with Crippen molar-refractivity contribution in [2.75, 3.05) is 7.11 Å². The van der Waals surface area contributed by atoms with Gasteiger partial charge in [-0.05, 0) is 69.8 Å². The van der Waals surface area contributed by atoms with E-state index in [1.807, 2.05) is 29.5 Å². The summed E-state index contributed by atoms with van der Waals surface area (Å²) in [6.07, 6.45) is 1.77. The van der Waals surface area contributed by atoms with E-state index in [0.717, 1.165) is 16.7 Å². The molecule has 2 aromatic heterocycles. The van der Waals surface area contributed by atoms with E-state index in [4.69, 9.17) is 9.15 Å². The first kappa shape index (κ1) is 17.8. The highest BCUT2D eigenvalue weighted by Gasteiger charge is 2.16. The third-order valence-electron chi connectivity index (χ3n) is 6.43. The van der Waals surface area contributed by atoms with Gasteiger partial charge in [-0.1, -0.05) is 42.5 Å². The molecule has 7 aromatic rings. The van der Waals surface area contributed by atoms with E-state index in [-0.39, 0.29) is 0 Å². The number of hydrogen-bond donors (Lipinski definition) is 0. The van der Waals surface area contributed by atoms with Gasteiger partial charge in [-0.2, -0.15) is 0 Å². The SMILES string of the molecule is COc1ccc(-c2cc3cc4occc4cc3c3c2ccc2c4ccccc4sc23)cc1. The molecule has 0 aliphatic heterocycles. The van der Waals surface area contributed by atoms with Gasteiger partial charge in [0.15, 0.2) is 0 Å². The van der Waals surface area contributed by atoms with Gasteiger partial charge in [0.1, 0.15) is 11.3 Å². The molecule has 5 aromatic carbocycles. The molecule has 32 heavy (non-hydrogen) atoms. The lowest BCUT2D eigenvalue weighted by atomic mass is 9.91. The maximum atomic E-state index is 5.74. The van der Waals surface area contributed by atoms with Crippen molar-refractivity contribution in [1.29, 1.82) is 0 Å². The fourth-order valence-corrected chi connectivity index (χ4v) is 6.15. The van der Waals surface area contributed by atoms with E-state index in [0.29, 0.717) is 0 Å². The molecule has 0 amide bonds. The minimum atomic E-state index is 0.864. The molecule has 2 heterocycles. The first-order chi connectivity index (χ1) is 15.8. The summed E-state index contributed by atoms with van der Waals surface area (Å²) in [5, 5.41) is 8.81. The predicted octanol–water partition coefficient (Wildman–Crippen LogP) is 8.78. The van der Waals surface area contributed by atoms with E-state index in [1.165, 1.54) is 52.8 Å². The molecule has 0 aliphatic rings. The van der Waals surface area contributed by atoms with Crippen LogP contribution in [0.1, 0.15) is 0 Å². The Morgan fingerprint density at radius 1 is 0.719 bits per heavy atom.